The summed E-state index contributed by atoms with van der Waals surface area (Å²) >= 11 is 0. The van der Waals surface area contributed by atoms with Gasteiger partial charge in [-0.25, -0.2) is 0 Å². The summed E-state index contributed by atoms with van der Waals surface area (Å²) in [5, 5.41) is 2.98. The van der Waals surface area contributed by atoms with E-state index in [1.54, 1.807) is 4.90 Å². The van der Waals surface area contributed by atoms with Crippen molar-refractivity contribution < 1.29 is 14.3 Å². The summed E-state index contributed by atoms with van der Waals surface area (Å²) in [6, 6.07) is 7.02. The zero-order chi connectivity index (χ0) is 18.7. The summed E-state index contributed by atoms with van der Waals surface area (Å²) in [6.45, 7) is 6.94. The second-order valence-electron chi connectivity index (χ2n) is 7.96. The molecule has 0 unspecified atom stereocenters. The molecule has 3 rings (SSSR count). The van der Waals surface area contributed by atoms with Crippen molar-refractivity contribution in [2.45, 2.75) is 64.6 Å². The highest BCUT2D eigenvalue weighted by Gasteiger charge is 2.53. The van der Waals surface area contributed by atoms with Gasteiger partial charge in [0, 0.05) is 12.1 Å². The van der Waals surface area contributed by atoms with Crippen molar-refractivity contribution in [2.75, 3.05) is 13.2 Å². The Hall–Kier alpha value is -1.88. The molecule has 142 valence electrons. The van der Waals surface area contributed by atoms with Gasteiger partial charge in [0.05, 0.1) is 6.61 Å². The highest BCUT2D eigenvalue weighted by molar-refractivity contribution is 5.99. The number of amides is 2. The van der Waals surface area contributed by atoms with E-state index in [1.807, 2.05) is 31.2 Å². The van der Waals surface area contributed by atoms with Gasteiger partial charge in [0.15, 0.2) is 0 Å². The Bertz CT molecular complexity index is 665. The molecular formula is C21H30N2O3. The van der Waals surface area contributed by atoms with E-state index in [0.717, 1.165) is 37.7 Å². The molecule has 1 spiro atoms. The van der Waals surface area contributed by atoms with Crippen molar-refractivity contribution in [3.8, 4) is 0 Å². The molecule has 0 aromatic heterocycles. The molecule has 1 aliphatic carbocycles. The minimum atomic E-state index is -0.628. The molecule has 1 aromatic rings. The molecule has 5 nitrogen and oxygen atoms in total. The molecular weight excluding hydrogens is 328 g/mol. The number of ether oxygens (including phenoxy) is 1. The lowest BCUT2D eigenvalue weighted by atomic mass is 9.89. The van der Waals surface area contributed by atoms with Gasteiger partial charge < -0.3 is 10.1 Å². The maximum absolute atomic E-state index is 13.5. The average molecular weight is 358 g/mol. The van der Waals surface area contributed by atoms with Crippen molar-refractivity contribution in [3.63, 3.8) is 0 Å². The van der Waals surface area contributed by atoms with E-state index in [1.165, 1.54) is 0 Å². The average Bonchev–Trinajstić information content (AvgIpc) is 2.98. The third-order valence-corrected chi connectivity index (χ3v) is 5.48. The number of benzene rings is 1. The zero-order valence-electron chi connectivity index (χ0n) is 16.1. The van der Waals surface area contributed by atoms with Gasteiger partial charge >= 0.3 is 0 Å². The predicted molar refractivity (Wildman–Crippen MR) is 101 cm³/mol. The summed E-state index contributed by atoms with van der Waals surface area (Å²) in [5.74, 6) is 0.167. The molecule has 0 radical (unpaired) electrons. The lowest BCUT2D eigenvalue weighted by Crippen LogP contribution is -2.56. The molecule has 1 aromatic carbocycles. The highest BCUT2D eigenvalue weighted by Crippen LogP contribution is 2.41. The molecule has 1 N–H and O–H groups in total. The lowest BCUT2D eigenvalue weighted by molar-refractivity contribution is -0.127. The normalized spacial score (nSPS) is 22.0. The number of carbonyl (C=O) groups is 2. The van der Waals surface area contributed by atoms with Crippen molar-refractivity contribution in [3.05, 3.63) is 35.4 Å². The van der Waals surface area contributed by atoms with Crippen LogP contribution in [0, 0.1) is 12.8 Å². The molecule has 5 heteroatoms. The van der Waals surface area contributed by atoms with Gasteiger partial charge in [0.25, 0.3) is 5.91 Å². The molecule has 1 aliphatic heterocycles. The maximum atomic E-state index is 13.5. The lowest BCUT2D eigenvalue weighted by Gasteiger charge is -2.41. The predicted octanol–water partition coefficient (Wildman–Crippen LogP) is 3.27. The first-order valence-corrected chi connectivity index (χ1v) is 9.75. The number of rotatable bonds is 4. The van der Waals surface area contributed by atoms with E-state index < -0.39 is 11.8 Å². The number of hydrogen-bond acceptors (Lipinski definition) is 3. The van der Waals surface area contributed by atoms with E-state index in [0.29, 0.717) is 18.0 Å². The summed E-state index contributed by atoms with van der Waals surface area (Å²) in [5.41, 5.74) is 0.957. The Kier molecular flexibility index (Phi) is 5.66. The smallest absolute Gasteiger partial charge is 0.257 e. The second kappa shape index (κ2) is 7.78. The van der Waals surface area contributed by atoms with E-state index >= 15 is 0 Å². The fourth-order valence-corrected chi connectivity index (χ4v) is 4.04. The Morgan fingerprint density at radius 2 is 1.92 bits per heavy atom. The van der Waals surface area contributed by atoms with E-state index in [2.05, 4.69) is 19.2 Å². The SMILES string of the molecule is Cc1ccccc1C(=O)N1[C@H](C(=O)NCC(C)C)COC12CCCCC2. The Balaban J connectivity index is 1.91. The van der Waals surface area contributed by atoms with Gasteiger partial charge in [-0.3, -0.25) is 14.5 Å². The van der Waals surface area contributed by atoms with Crippen molar-refractivity contribution in [1.82, 2.24) is 10.2 Å². The van der Waals surface area contributed by atoms with Crippen LogP contribution in [0.5, 0.6) is 0 Å². The van der Waals surface area contributed by atoms with Crippen molar-refractivity contribution in [1.29, 1.82) is 0 Å². The maximum Gasteiger partial charge on any atom is 0.257 e. The summed E-state index contributed by atoms with van der Waals surface area (Å²) in [6.07, 6.45) is 4.81. The van der Waals surface area contributed by atoms with Gasteiger partial charge in [-0.2, -0.15) is 0 Å². The zero-order valence-corrected chi connectivity index (χ0v) is 16.1. The monoisotopic (exact) mass is 358 g/mol. The fraction of sp³-hybridized carbons (Fsp3) is 0.619. The second-order valence-corrected chi connectivity index (χ2v) is 7.96. The summed E-state index contributed by atoms with van der Waals surface area (Å²) < 4.78 is 6.16. The molecule has 2 fully saturated rings. The van der Waals surface area contributed by atoms with E-state index in [4.69, 9.17) is 4.74 Å². The van der Waals surface area contributed by atoms with Crippen LogP contribution in [-0.2, 0) is 9.53 Å². The van der Waals surface area contributed by atoms with E-state index in [9.17, 15) is 9.59 Å². The Labute approximate surface area is 156 Å². The highest BCUT2D eigenvalue weighted by atomic mass is 16.5. The van der Waals surface area contributed by atoms with Crippen LogP contribution in [0.25, 0.3) is 0 Å². The van der Waals surface area contributed by atoms with Gasteiger partial charge in [-0.05, 0) is 50.2 Å². The Morgan fingerprint density at radius 3 is 2.58 bits per heavy atom. The van der Waals surface area contributed by atoms with Crippen LogP contribution >= 0.6 is 0 Å². The molecule has 0 bridgehead atoms. The van der Waals surface area contributed by atoms with Gasteiger partial charge in [0.2, 0.25) is 5.91 Å². The standard InChI is InChI=1S/C21H30N2O3/c1-15(2)13-22-19(24)18-14-26-21(11-7-4-8-12-21)23(18)20(25)17-10-6-5-9-16(17)3/h5-6,9-10,15,18H,4,7-8,11-14H2,1-3H3,(H,22,24)/t18-/m0/s1. The fourth-order valence-electron chi connectivity index (χ4n) is 4.04. The molecule has 1 saturated heterocycles. The van der Waals surface area contributed by atoms with Crippen molar-refractivity contribution >= 4 is 11.8 Å². The van der Waals surface area contributed by atoms with E-state index in [-0.39, 0.29) is 18.4 Å². The first-order valence-electron chi connectivity index (χ1n) is 9.75. The third kappa shape index (κ3) is 3.63. The molecule has 1 heterocycles. The first-order chi connectivity index (χ1) is 12.4. The molecule has 1 saturated carbocycles. The van der Waals surface area contributed by atoms with Crippen LogP contribution in [0.3, 0.4) is 0 Å². The minimum absolute atomic E-state index is 0.0906. The summed E-state index contributed by atoms with van der Waals surface area (Å²) in [4.78, 5) is 28.0. The quantitative estimate of drug-likeness (QED) is 0.899. The van der Waals surface area contributed by atoms with Gasteiger partial charge in [-0.1, -0.05) is 38.5 Å². The van der Waals surface area contributed by atoms with Gasteiger partial charge in [-0.15, -0.1) is 0 Å². The number of aryl methyl sites for hydroxylation is 1. The summed E-state index contributed by atoms with van der Waals surface area (Å²) in [7, 11) is 0. The van der Waals surface area contributed by atoms with Crippen LogP contribution in [0.15, 0.2) is 24.3 Å². The third-order valence-electron chi connectivity index (χ3n) is 5.48. The largest absolute Gasteiger partial charge is 0.354 e. The number of carbonyl (C=O) groups excluding carboxylic acids is 2. The van der Waals surface area contributed by atoms with Crippen LogP contribution in [0.2, 0.25) is 0 Å². The van der Waals surface area contributed by atoms with Gasteiger partial charge in [0.1, 0.15) is 11.8 Å². The Morgan fingerprint density at radius 1 is 1.23 bits per heavy atom. The van der Waals surface area contributed by atoms with Crippen LogP contribution in [0.4, 0.5) is 0 Å². The number of nitrogens with one attached hydrogen (secondary N) is 1. The molecule has 1 atom stereocenters. The van der Waals surface area contributed by atoms with Crippen LogP contribution in [-0.4, -0.2) is 41.6 Å². The molecule has 2 aliphatic rings. The minimum Gasteiger partial charge on any atom is -0.354 e. The number of hydrogen-bond donors (Lipinski definition) is 1. The first kappa shape index (κ1) is 18.9. The van der Waals surface area contributed by atoms with Crippen LogP contribution < -0.4 is 5.32 Å². The van der Waals surface area contributed by atoms with Crippen molar-refractivity contribution in [2.24, 2.45) is 5.92 Å². The molecule has 2 amide bonds. The van der Waals surface area contributed by atoms with Crippen LogP contribution in [0.1, 0.15) is 61.9 Å². The molecule has 26 heavy (non-hydrogen) atoms. The number of nitrogens with zero attached hydrogens (tertiary/aromatic N) is 1. The topological polar surface area (TPSA) is 58.6 Å².